The summed E-state index contributed by atoms with van der Waals surface area (Å²) in [7, 11) is -3.13. The molecule has 0 saturated carbocycles. The molecule has 0 N–H and O–H groups in total. The van der Waals surface area contributed by atoms with Gasteiger partial charge in [-0.3, -0.25) is 0 Å². The molecule has 11 heavy (non-hydrogen) atoms. The van der Waals surface area contributed by atoms with Gasteiger partial charge in [0, 0.05) is 10.7 Å². The topological polar surface area (TPSA) is 34.1 Å². The van der Waals surface area contributed by atoms with Crippen LogP contribution in [0.5, 0.6) is 0 Å². The van der Waals surface area contributed by atoms with E-state index < -0.39 is 9.84 Å². The van der Waals surface area contributed by atoms with E-state index in [1.54, 1.807) is 6.07 Å². The summed E-state index contributed by atoms with van der Waals surface area (Å²) >= 11 is 9.75. The maximum absolute atomic E-state index is 11.0. The highest BCUT2D eigenvalue weighted by Crippen LogP contribution is 2.34. The molecule has 0 fully saturated rings. The van der Waals surface area contributed by atoms with E-state index in [1.807, 2.05) is 0 Å². The van der Waals surface area contributed by atoms with Crippen LogP contribution in [0.3, 0.4) is 0 Å². The predicted octanol–water partition coefficient (Wildman–Crippen LogP) is 2.57. The Morgan fingerprint density at radius 2 is 2.18 bits per heavy atom. The summed E-state index contributed by atoms with van der Waals surface area (Å²) in [6.45, 7) is 0. The molecule has 0 bridgehead atoms. The third-order valence-corrected chi connectivity index (χ3v) is 5.22. The van der Waals surface area contributed by atoms with Gasteiger partial charge in [0.05, 0.1) is 4.34 Å². The third-order valence-electron chi connectivity index (χ3n) is 0.962. The standard InChI is InChI=1S/C5H4BrClO2S2/c1-11(8,9)5-3(6)2-4(7)10-5/h2H,1H3. The van der Waals surface area contributed by atoms with Gasteiger partial charge in [0.2, 0.25) is 0 Å². The van der Waals surface area contributed by atoms with Crippen molar-refractivity contribution >= 4 is 48.7 Å². The number of thiophene rings is 1. The van der Waals surface area contributed by atoms with E-state index in [4.69, 9.17) is 11.6 Å². The zero-order valence-corrected chi connectivity index (χ0v) is 9.44. The summed E-state index contributed by atoms with van der Waals surface area (Å²) in [4.78, 5) is 0. The van der Waals surface area contributed by atoms with Crippen molar-refractivity contribution in [2.24, 2.45) is 0 Å². The molecule has 0 saturated heterocycles. The molecular weight excluding hydrogens is 272 g/mol. The fourth-order valence-corrected chi connectivity index (χ4v) is 4.49. The number of sulfone groups is 1. The Balaban J connectivity index is 3.36. The van der Waals surface area contributed by atoms with Crippen molar-refractivity contribution in [1.82, 2.24) is 0 Å². The molecule has 6 heteroatoms. The van der Waals surface area contributed by atoms with Crippen LogP contribution in [0, 0.1) is 0 Å². The maximum Gasteiger partial charge on any atom is 0.186 e. The lowest BCUT2D eigenvalue weighted by molar-refractivity contribution is 0.603. The summed E-state index contributed by atoms with van der Waals surface area (Å²) in [6.07, 6.45) is 1.15. The summed E-state index contributed by atoms with van der Waals surface area (Å²) in [5.41, 5.74) is 0. The van der Waals surface area contributed by atoms with Crippen LogP contribution < -0.4 is 0 Å². The molecule has 1 aromatic rings. The maximum atomic E-state index is 11.0. The lowest BCUT2D eigenvalue weighted by atomic mass is 10.7. The van der Waals surface area contributed by atoms with Gasteiger partial charge in [-0.05, 0) is 22.0 Å². The van der Waals surface area contributed by atoms with Crippen LogP contribution in [0.4, 0.5) is 0 Å². The Hall–Kier alpha value is 0.420. The van der Waals surface area contributed by atoms with E-state index in [2.05, 4.69) is 15.9 Å². The molecule has 0 unspecified atom stereocenters. The van der Waals surface area contributed by atoms with Gasteiger partial charge < -0.3 is 0 Å². The quantitative estimate of drug-likeness (QED) is 0.789. The van der Waals surface area contributed by atoms with Gasteiger partial charge in [0.25, 0.3) is 0 Å². The van der Waals surface area contributed by atoms with Crippen molar-refractivity contribution in [3.05, 3.63) is 14.9 Å². The zero-order chi connectivity index (χ0) is 8.65. The lowest BCUT2D eigenvalue weighted by Crippen LogP contribution is -1.93. The molecular formula is C5H4BrClO2S2. The van der Waals surface area contributed by atoms with Gasteiger partial charge in [-0.1, -0.05) is 11.6 Å². The third kappa shape index (κ3) is 2.18. The number of hydrogen-bond acceptors (Lipinski definition) is 3. The number of rotatable bonds is 1. The van der Waals surface area contributed by atoms with Crippen LogP contribution in [0.2, 0.25) is 4.34 Å². The highest BCUT2D eigenvalue weighted by atomic mass is 79.9. The van der Waals surface area contributed by atoms with Crippen molar-refractivity contribution in [3.63, 3.8) is 0 Å². The van der Waals surface area contributed by atoms with Crippen molar-refractivity contribution < 1.29 is 8.42 Å². The molecule has 0 aliphatic rings. The monoisotopic (exact) mass is 274 g/mol. The smallest absolute Gasteiger partial charge is 0.186 e. The molecule has 0 spiro atoms. The van der Waals surface area contributed by atoms with E-state index in [9.17, 15) is 8.42 Å². The molecule has 0 aliphatic heterocycles. The van der Waals surface area contributed by atoms with E-state index in [0.717, 1.165) is 17.6 Å². The molecule has 1 heterocycles. The minimum atomic E-state index is -3.13. The summed E-state index contributed by atoms with van der Waals surface area (Å²) in [5.74, 6) is 0. The Bertz CT molecular complexity index is 368. The minimum absolute atomic E-state index is 0.280. The van der Waals surface area contributed by atoms with Crippen molar-refractivity contribution in [2.45, 2.75) is 4.21 Å². The first kappa shape index (κ1) is 9.51. The van der Waals surface area contributed by atoms with Gasteiger partial charge in [-0.2, -0.15) is 0 Å². The first-order valence-electron chi connectivity index (χ1n) is 2.56. The fraction of sp³-hybridized carbons (Fsp3) is 0.200. The first-order valence-corrected chi connectivity index (χ1v) is 6.44. The van der Waals surface area contributed by atoms with Crippen LogP contribution >= 0.6 is 38.9 Å². The van der Waals surface area contributed by atoms with Crippen molar-refractivity contribution in [2.75, 3.05) is 6.26 Å². The summed E-state index contributed by atoms with van der Waals surface area (Å²) in [5, 5.41) is 0. The lowest BCUT2D eigenvalue weighted by Gasteiger charge is -1.90. The minimum Gasteiger partial charge on any atom is -0.223 e. The Morgan fingerprint density at radius 1 is 1.64 bits per heavy atom. The van der Waals surface area contributed by atoms with Crippen LogP contribution in [0.1, 0.15) is 0 Å². The molecule has 0 radical (unpaired) electrons. The van der Waals surface area contributed by atoms with Crippen LogP contribution in [-0.4, -0.2) is 14.7 Å². The van der Waals surface area contributed by atoms with Crippen LogP contribution in [0.25, 0.3) is 0 Å². The largest absolute Gasteiger partial charge is 0.223 e. The number of halogens is 2. The average molecular weight is 276 g/mol. The van der Waals surface area contributed by atoms with Crippen molar-refractivity contribution in [1.29, 1.82) is 0 Å². The Morgan fingerprint density at radius 3 is 2.36 bits per heavy atom. The molecule has 1 aromatic heterocycles. The van der Waals surface area contributed by atoms with E-state index in [1.165, 1.54) is 0 Å². The predicted molar refractivity (Wildman–Crippen MR) is 50.1 cm³/mol. The highest BCUT2D eigenvalue weighted by molar-refractivity contribution is 9.10. The van der Waals surface area contributed by atoms with Gasteiger partial charge in [0.15, 0.2) is 9.84 Å². The van der Waals surface area contributed by atoms with Gasteiger partial charge in [-0.15, -0.1) is 11.3 Å². The second-order valence-corrected chi connectivity index (χ2v) is 6.71. The van der Waals surface area contributed by atoms with Gasteiger partial charge in [-0.25, -0.2) is 8.42 Å². The van der Waals surface area contributed by atoms with Crippen LogP contribution in [-0.2, 0) is 9.84 Å². The molecule has 1 rings (SSSR count). The molecule has 0 aromatic carbocycles. The highest BCUT2D eigenvalue weighted by Gasteiger charge is 2.15. The second kappa shape index (κ2) is 3.05. The fourth-order valence-electron chi connectivity index (χ4n) is 0.578. The van der Waals surface area contributed by atoms with Crippen LogP contribution in [0.15, 0.2) is 14.7 Å². The molecule has 0 atom stereocenters. The second-order valence-electron chi connectivity index (χ2n) is 1.96. The first-order chi connectivity index (χ1) is 4.91. The molecule has 2 nitrogen and oxygen atoms in total. The summed E-state index contributed by atoms with van der Waals surface area (Å²) < 4.78 is 23.3. The SMILES string of the molecule is CS(=O)(=O)c1sc(Cl)cc1Br. The molecule has 62 valence electrons. The average Bonchev–Trinajstić information content (AvgIpc) is 2.08. The zero-order valence-electron chi connectivity index (χ0n) is 5.47. The Kier molecular flexibility index (Phi) is 2.63. The Labute approximate surface area is 82.2 Å². The van der Waals surface area contributed by atoms with Gasteiger partial charge in [0.1, 0.15) is 4.21 Å². The molecule has 0 aliphatic carbocycles. The number of hydrogen-bond donors (Lipinski definition) is 0. The van der Waals surface area contributed by atoms with E-state index in [0.29, 0.717) is 8.81 Å². The normalized spacial score (nSPS) is 11.9. The molecule has 0 amide bonds. The van der Waals surface area contributed by atoms with Gasteiger partial charge >= 0.3 is 0 Å². The van der Waals surface area contributed by atoms with Crippen molar-refractivity contribution in [3.8, 4) is 0 Å². The summed E-state index contributed by atoms with van der Waals surface area (Å²) in [6, 6.07) is 1.57. The van der Waals surface area contributed by atoms with E-state index in [-0.39, 0.29) is 4.21 Å². The van der Waals surface area contributed by atoms with E-state index >= 15 is 0 Å².